The fourth-order valence-electron chi connectivity index (χ4n) is 2.19. The summed E-state index contributed by atoms with van der Waals surface area (Å²) < 4.78 is 5.17. The topological polar surface area (TPSA) is 38.5 Å². The third-order valence-electron chi connectivity index (χ3n) is 3.43. The molecule has 106 valence electrons. The Kier molecular flexibility index (Phi) is 5.02. The first-order chi connectivity index (χ1) is 9.69. The van der Waals surface area contributed by atoms with Crippen LogP contribution in [0.4, 0.5) is 5.69 Å². The van der Waals surface area contributed by atoms with E-state index in [9.17, 15) is 0 Å². The largest absolute Gasteiger partial charge is 0.497 e. The summed E-state index contributed by atoms with van der Waals surface area (Å²) in [5.41, 5.74) is 9.34. The lowest BCUT2D eigenvalue weighted by atomic mass is 10.1. The molecule has 2 rings (SSSR count). The third kappa shape index (κ3) is 4.00. The maximum Gasteiger partial charge on any atom is 0.118 e. The Morgan fingerprint density at radius 3 is 2.40 bits per heavy atom. The number of hydrogen-bond donors (Lipinski definition) is 1. The Morgan fingerprint density at radius 2 is 1.75 bits per heavy atom. The predicted octanol–water partition coefficient (Wildman–Crippen LogP) is 2.95. The van der Waals surface area contributed by atoms with Gasteiger partial charge in [-0.15, -0.1) is 0 Å². The summed E-state index contributed by atoms with van der Waals surface area (Å²) >= 11 is 0. The first-order valence-corrected chi connectivity index (χ1v) is 6.84. The molecule has 0 bridgehead atoms. The molecule has 0 saturated heterocycles. The maximum atomic E-state index is 5.96. The Bertz CT molecular complexity index is 537. The number of benzene rings is 2. The van der Waals surface area contributed by atoms with Crippen molar-refractivity contribution >= 4 is 5.69 Å². The van der Waals surface area contributed by atoms with Crippen LogP contribution in [0.3, 0.4) is 0 Å². The highest BCUT2D eigenvalue weighted by Gasteiger charge is 2.03. The molecular formula is C17H22N2O. The van der Waals surface area contributed by atoms with Crippen LogP contribution in [-0.4, -0.2) is 25.6 Å². The highest BCUT2D eigenvalue weighted by Crippen LogP contribution is 2.14. The van der Waals surface area contributed by atoms with Crippen LogP contribution in [-0.2, 0) is 13.0 Å². The van der Waals surface area contributed by atoms with E-state index in [0.717, 1.165) is 30.9 Å². The number of para-hydroxylation sites is 1. The zero-order chi connectivity index (χ0) is 14.4. The second-order valence-corrected chi connectivity index (χ2v) is 5.03. The summed E-state index contributed by atoms with van der Waals surface area (Å²) in [4.78, 5) is 2.30. The van der Waals surface area contributed by atoms with E-state index in [0.29, 0.717) is 0 Å². The van der Waals surface area contributed by atoms with Gasteiger partial charge in [0.25, 0.3) is 0 Å². The van der Waals surface area contributed by atoms with Gasteiger partial charge in [0.05, 0.1) is 7.11 Å². The van der Waals surface area contributed by atoms with E-state index in [1.165, 1.54) is 11.1 Å². The van der Waals surface area contributed by atoms with Crippen molar-refractivity contribution in [1.82, 2.24) is 4.90 Å². The summed E-state index contributed by atoms with van der Waals surface area (Å²) in [5.74, 6) is 0.897. The van der Waals surface area contributed by atoms with Crippen LogP contribution in [0.2, 0.25) is 0 Å². The molecule has 0 aliphatic heterocycles. The summed E-state index contributed by atoms with van der Waals surface area (Å²) in [6.07, 6.45) is 0.972. The monoisotopic (exact) mass is 270 g/mol. The average molecular weight is 270 g/mol. The number of methoxy groups -OCH3 is 1. The van der Waals surface area contributed by atoms with Crippen LogP contribution in [0.5, 0.6) is 5.75 Å². The summed E-state index contributed by atoms with van der Waals surface area (Å²) in [6, 6.07) is 16.3. The normalized spacial score (nSPS) is 10.8. The Morgan fingerprint density at radius 1 is 1.05 bits per heavy atom. The van der Waals surface area contributed by atoms with Crippen LogP contribution < -0.4 is 10.5 Å². The molecule has 0 radical (unpaired) electrons. The van der Waals surface area contributed by atoms with Gasteiger partial charge in [0.15, 0.2) is 0 Å². The first kappa shape index (κ1) is 14.4. The highest BCUT2D eigenvalue weighted by atomic mass is 16.5. The highest BCUT2D eigenvalue weighted by molar-refractivity contribution is 5.46. The van der Waals surface area contributed by atoms with Crippen molar-refractivity contribution in [3.05, 3.63) is 59.7 Å². The van der Waals surface area contributed by atoms with Crippen LogP contribution in [0, 0.1) is 0 Å². The van der Waals surface area contributed by atoms with Gasteiger partial charge < -0.3 is 15.4 Å². The SMILES string of the molecule is COc1ccc(CN(C)CCc2ccccc2N)cc1. The number of nitrogen functional groups attached to an aromatic ring is 1. The molecule has 0 heterocycles. The molecule has 0 aliphatic carbocycles. The number of likely N-dealkylation sites (N-methyl/N-ethyl adjacent to an activating group) is 1. The quantitative estimate of drug-likeness (QED) is 0.820. The van der Waals surface area contributed by atoms with E-state index in [-0.39, 0.29) is 0 Å². The molecule has 3 nitrogen and oxygen atoms in total. The first-order valence-electron chi connectivity index (χ1n) is 6.84. The van der Waals surface area contributed by atoms with Gasteiger partial charge >= 0.3 is 0 Å². The van der Waals surface area contributed by atoms with E-state index >= 15 is 0 Å². The van der Waals surface area contributed by atoms with Crippen molar-refractivity contribution in [1.29, 1.82) is 0 Å². The lowest BCUT2D eigenvalue weighted by Gasteiger charge is -2.17. The van der Waals surface area contributed by atoms with Crippen molar-refractivity contribution in [2.45, 2.75) is 13.0 Å². The Balaban J connectivity index is 1.86. The molecule has 2 aromatic carbocycles. The number of anilines is 1. The average Bonchev–Trinajstić information content (AvgIpc) is 2.47. The van der Waals surface area contributed by atoms with Crippen molar-refractivity contribution < 1.29 is 4.74 Å². The lowest BCUT2D eigenvalue weighted by Crippen LogP contribution is -2.21. The Labute approximate surface area is 121 Å². The molecule has 2 aromatic rings. The molecule has 0 aromatic heterocycles. The third-order valence-corrected chi connectivity index (χ3v) is 3.43. The van der Waals surface area contributed by atoms with Gasteiger partial charge in [0.2, 0.25) is 0 Å². The number of nitrogens with zero attached hydrogens (tertiary/aromatic N) is 1. The van der Waals surface area contributed by atoms with Crippen molar-refractivity contribution in [3.8, 4) is 5.75 Å². The fraction of sp³-hybridized carbons (Fsp3) is 0.294. The maximum absolute atomic E-state index is 5.96. The van der Waals surface area contributed by atoms with Crippen molar-refractivity contribution in [2.75, 3.05) is 26.4 Å². The molecule has 0 saturated carbocycles. The predicted molar refractivity (Wildman–Crippen MR) is 83.9 cm³/mol. The van der Waals surface area contributed by atoms with Gasteiger partial charge in [-0.1, -0.05) is 30.3 Å². The molecule has 0 atom stereocenters. The van der Waals surface area contributed by atoms with E-state index in [1.54, 1.807) is 7.11 Å². The molecule has 3 heteroatoms. The second-order valence-electron chi connectivity index (χ2n) is 5.03. The van der Waals surface area contributed by atoms with Gasteiger partial charge in [-0.05, 0) is 42.8 Å². The molecule has 0 fully saturated rings. The fourth-order valence-corrected chi connectivity index (χ4v) is 2.19. The minimum absolute atomic E-state index is 0.880. The van der Waals surface area contributed by atoms with Gasteiger partial charge in [-0.3, -0.25) is 0 Å². The van der Waals surface area contributed by atoms with Gasteiger partial charge in [0, 0.05) is 18.8 Å². The number of rotatable bonds is 6. The summed E-state index contributed by atoms with van der Waals surface area (Å²) in [6.45, 7) is 1.91. The summed E-state index contributed by atoms with van der Waals surface area (Å²) in [7, 11) is 3.81. The molecule has 20 heavy (non-hydrogen) atoms. The molecule has 0 unspecified atom stereocenters. The van der Waals surface area contributed by atoms with Gasteiger partial charge in [0.1, 0.15) is 5.75 Å². The second kappa shape index (κ2) is 6.96. The van der Waals surface area contributed by atoms with Gasteiger partial charge in [-0.2, -0.15) is 0 Å². The number of hydrogen-bond acceptors (Lipinski definition) is 3. The van der Waals surface area contributed by atoms with E-state index in [2.05, 4.69) is 30.1 Å². The zero-order valence-corrected chi connectivity index (χ0v) is 12.2. The Hall–Kier alpha value is -2.00. The minimum Gasteiger partial charge on any atom is -0.497 e. The van der Waals surface area contributed by atoms with Crippen LogP contribution in [0.15, 0.2) is 48.5 Å². The number of ether oxygens (including phenoxy) is 1. The van der Waals surface area contributed by atoms with E-state index in [4.69, 9.17) is 10.5 Å². The van der Waals surface area contributed by atoms with Gasteiger partial charge in [-0.25, -0.2) is 0 Å². The van der Waals surface area contributed by atoms with Crippen LogP contribution in [0.1, 0.15) is 11.1 Å². The molecule has 0 aliphatic rings. The van der Waals surface area contributed by atoms with Crippen molar-refractivity contribution in [2.24, 2.45) is 0 Å². The zero-order valence-electron chi connectivity index (χ0n) is 12.2. The van der Waals surface area contributed by atoms with Crippen molar-refractivity contribution in [3.63, 3.8) is 0 Å². The molecule has 2 N–H and O–H groups in total. The number of nitrogens with two attached hydrogens (primary N) is 1. The van der Waals surface area contributed by atoms with Crippen LogP contribution >= 0.6 is 0 Å². The minimum atomic E-state index is 0.880. The standard InChI is InChI=1S/C17H22N2O/c1-19(12-11-15-5-3-4-6-17(15)18)13-14-7-9-16(20-2)10-8-14/h3-10H,11-13,18H2,1-2H3. The van der Waals surface area contributed by atoms with E-state index < -0.39 is 0 Å². The smallest absolute Gasteiger partial charge is 0.118 e. The van der Waals surface area contributed by atoms with E-state index in [1.807, 2.05) is 30.3 Å². The molecule has 0 amide bonds. The van der Waals surface area contributed by atoms with Crippen LogP contribution in [0.25, 0.3) is 0 Å². The summed E-state index contributed by atoms with van der Waals surface area (Å²) in [5, 5.41) is 0. The lowest BCUT2D eigenvalue weighted by molar-refractivity contribution is 0.331. The molecule has 0 spiro atoms. The molecular weight excluding hydrogens is 248 g/mol.